The van der Waals surface area contributed by atoms with Gasteiger partial charge in [0.25, 0.3) is 0 Å². The third-order valence-corrected chi connectivity index (χ3v) is 3.48. The fourth-order valence-corrected chi connectivity index (χ4v) is 2.51. The van der Waals surface area contributed by atoms with Gasteiger partial charge in [-0.2, -0.15) is 5.10 Å². The summed E-state index contributed by atoms with van der Waals surface area (Å²) in [7, 11) is 0. The summed E-state index contributed by atoms with van der Waals surface area (Å²) in [5.41, 5.74) is 4.07. The van der Waals surface area contributed by atoms with Crippen LogP contribution in [0.5, 0.6) is 0 Å². The van der Waals surface area contributed by atoms with Crippen LogP contribution in [0.15, 0.2) is 60.8 Å². The maximum absolute atomic E-state index is 4.77. The number of fused-ring (bicyclic) bond motifs is 1. The molecular weight excluding hydrogens is 262 g/mol. The second-order valence-corrected chi connectivity index (χ2v) is 4.85. The number of para-hydroxylation sites is 1. The smallest absolute Gasteiger partial charge is 0.104 e. The predicted molar refractivity (Wildman–Crippen MR) is 80.7 cm³/mol. The first-order valence-corrected chi connectivity index (χ1v) is 6.78. The number of nitrogens with zero attached hydrogens (tertiary/aromatic N) is 4. The quantitative estimate of drug-likeness (QED) is 0.625. The van der Waals surface area contributed by atoms with Crippen LogP contribution < -0.4 is 0 Å². The minimum absolute atomic E-state index is 0.601. The van der Waals surface area contributed by atoms with Gasteiger partial charge in [-0.05, 0) is 6.07 Å². The molecule has 0 aliphatic heterocycles. The van der Waals surface area contributed by atoms with Crippen LogP contribution in [0, 0.1) is 0 Å². The standard InChI is InChI=1S/C16H13N5/c1-2-6-12(7-3-1)16-14-8-4-5-9-15(14)21(19-16)11-13-10-17-20-18-13/h1-10H,11H2,(H,17,18,20). The maximum Gasteiger partial charge on any atom is 0.104 e. The monoisotopic (exact) mass is 275 g/mol. The molecule has 0 spiro atoms. The molecule has 0 amide bonds. The van der Waals surface area contributed by atoms with Crippen molar-refractivity contribution < 1.29 is 0 Å². The van der Waals surface area contributed by atoms with Crippen LogP contribution in [0.4, 0.5) is 0 Å². The van der Waals surface area contributed by atoms with Crippen molar-refractivity contribution in [2.75, 3.05) is 0 Å². The van der Waals surface area contributed by atoms with E-state index >= 15 is 0 Å². The fraction of sp³-hybridized carbons (Fsp3) is 0.0625. The highest BCUT2D eigenvalue weighted by Gasteiger charge is 2.12. The van der Waals surface area contributed by atoms with Gasteiger partial charge in [-0.15, -0.1) is 5.10 Å². The Kier molecular flexibility index (Phi) is 2.74. The molecule has 0 unspecified atom stereocenters. The maximum atomic E-state index is 4.77. The lowest BCUT2D eigenvalue weighted by Gasteiger charge is -1.99. The highest BCUT2D eigenvalue weighted by Crippen LogP contribution is 2.27. The van der Waals surface area contributed by atoms with Gasteiger partial charge >= 0.3 is 0 Å². The second-order valence-electron chi connectivity index (χ2n) is 4.85. The van der Waals surface area contributed by atoms with Crippen molar-refractivity contribution in [1.29, 1.82) is 0 Å². The highest BCUT2D eigenvalue weighted by atomic mass is 15.3. The lowest BCUT2D eigenvalue weighted by atomic mass is 10.1. The van der Waals surface area contributed by atoms with Gasteiger partial charge in [0.05, 0.1) is 12.1 Å². The second kappa shape index (κ2) is 4.86. The summed E-state index contributed by atoms with van der Waals surface area (Å²) in [5, 5.41) is 16.4. The lowest BCUT2D eigenvalue weighted by molar-refractivity contribution is 0.695. The molecule has 0 aliphatic rings. The molecule has 2 aromatic heterocycles. The van der Waals surface area contributed by atoms with Crippen molar-refractivity contribution in [3.05, 3.63) is 66.5 Å². The fourth-order valence-electron chi connectivity index (χ4n) is 2.51. The molecule has 2 heterocycles. The van der Waals surface area contributed by atoms with Crippen LogP contribution in [0.2, 0.25) is 0 Å². The molecule has 102 valence electrons. The van der Waals surface area contributed by atoms with Crippen molar-refractivity contribution in [2.45, 2.75) is 6.54 Å². The molecule has 0 atom stereocenters. The van der Waals surface area contributed by atoms with Gasteiger partial charge in [0.2, 0.25) is 0 Å². The summed E-state index contributed by atoms with van der Waals surface area (Å²) in [6, 6.07) is 18.5. The number of hydrogen-bond acceptors (Lipinski definition) is 3. The molecule has 2 aromatic carbocycles. The van der Waals surface area contributed by atoms with E-state index in [0.717, 1.165) is 27.9 Å². The number of aromatic amines is 1. The molecule has 21 heavy (non-hydrogen) atoms. The van der Waals surface area contributed by atoms with Gasteiger partial charge in [-0.25, -0.2) is 0 Å². The zero-order valence-corrected chi connectivity index (χ0v) is 11.3. The Morgan fingerprint density at radius 1 is 0.952 bits per heavy atom. The Labute approximate surface area is 121 Å². The number of aromatic nitrogens is 5. The van der Waals surface area contributed by atoms with Gasteiger partial charge in [0.15, 0.2) is 0 Å². The Bertz CT molecular complexity index is 862. The van der Waals surface area contributed by atoms with E-state index in [0.29, 0.717) is 6.54 Å². The number of benzene rings is 2. The molecule has 1 N–H and O–H groups in total. The normalized spacial score (nSPS) is 11.0. The van der Waals surface area contributed by atoms with Crippen LogP contribution in [-0.4, -0.2) is 25.2 Å². The van der Waals surface area contributed by atoms with Crippen LogP contribution in [0.25, 0.3) is 22.2 Å². The zero-order chi connectivity index (χ0) is 14.1. The molecule has 4 aromatic rings. The van der Waals surface area contributed by atoms with Crippen molar-refractivity contribution in [3.63, 3.8) is 0 Å². The molecule has 0 saturated heterocycles. The van der Waals surface area contributed by atoms with Gasteiger partial charge in [-0.1, -0.05) is 53.7 Å². The summed E-state index contributed by atoms with van der Waals surface area (Å²) in [6.45, 7) is 0.601. The van der Waals surface area contributed by atoms with Crippen molar-refractivity contribution in [2.24, 2.45) is 0 Å². The van der Waals surface area contributed by atoms with E-state index in [1.807, 2.05) is 35.0 Å². The van der Waals surface area contributed by atoms with E-state index in [-0.39, 0.29) is 0 Å². The first kappa shape index (κ1) is 11.8. The molecule has 5 heteroatoms. The minimum Gasteiger partial charge on any atom is -0.265 e. The SMILES string of the molecule is c1ccc(-c2nn(Cc3c[nH]nn3)c3ccccc23)cc1. The summed E-state index contributed by atoms with van der Waals surface area (Å²) in [4.78, 5) is 0. The first-order valence-electron chi connectivity index (χ1n) is 6.78. The zero-order valence-electron chi connectivity index (χ0n) is 11.3. The average molecular weight is 275 g/mol. The number of hydrogen-bond donors (Lipinski definition) is 1. The molecule has 0 fully saturated rings. The number of H-pyrrole nitrogens is 1. The Morgan fingerprint density at radius 2 is 1.76 bits per heavy atom. The van der Waals surface area contributed by atoms with Crippen LogP contribution in [-0.2, 0) is 6.54 Å². The Balaban J connectivity index is 1.89. The average Bonchev–Trinajstić information content (AvgIpc) is 3.17. The van der Waals surface area contributed by atoms with Crippen LogP contribution in [0.1, 0.15) is 5.69 Å². The topological polar surface area (TPSA) is 59.4 Å². The summed E-state index contributed by atoms with van der Waals surface area (Å²) < 4.78 is 1.97. The van der Waals surface area contributed by atoms with Crippen molar-refractivity contribution in [1.82, 2.24) is 25.2 Å². The van der Waals surface area contributed by atoms with E-state index in [4.69, 9.17) is 5.10 Å². The lowest BCUT2D eigenvalue weighted by Crippen LogP contribution is -2.02. The van der Waals surface area contributed by atoms with E-state index in [1.54, 1.807) is 6.20 Å². The largest absolute Gasteiger partial charge is 0.265 e. The molecule has 0 aliphatic carbocycles. The van der Waals surface area contributed by atoms with E-state index in [1.165, 1.54) is 0 Å². The van der Waals surface area contributed by atoms with Crippen LogP contribution >= 0.6 is 0 Å². The van der Waals surface area contributed by atoms with Gasteiger partial charge in [0, 0.05) is 17.1 Å². The summed E-state index contributed by atoms with van der Waals surface area (Å²) in [5.74, 6) is 0. The van der Waals surface area contributed by atoms with Crippen LogP contribution in [0.3, 0.4) is 0 Å². The van der Waals surface area contributed by atoms with E-state index in [2.05, 4.69) is 39.7 Å². The molecule has 0 bridgehead atoms. The third-order valence-electron chi connectivity index (χ3n) is 3.48. The van der Waals surface area contributed by atoms with Crippen molar-refractivity contribution in [3.8, 4) is 11.3 Å². The Hall–Kier alpha value is -2.95. The third kappa shape index (κ3) is 2.08. The van der Waals surface area contributed by atoms with Gasteiger partial charge < -0.3 is 0 Å². The predicted octanol–water partition coefficient (Wildman–Crippen LogP) is 2.87. The minimum atomic E-state index is 0.601. The molecule has 0 radical (unpaired) electrons. The molecule has 4 rings (SSSR count). The van der Waals surface area contributed by atoms with Gasteiger partial charge in [-0.3, -0.25) is 9.78 Å². The summed E-state index contributed by atoms with van der Waals surface area (Å²) in [6.07, 6.45) is 1.79. The first-order chi connectivity index (χ1) is 10.4. The number of rotatable bonds is 3. The van der Waals surface area contributed by atoms with Crippen molar-refractivity contribution >= 4 is 10.9 Å². The van der Waals surface area contributed by atoms with E-state index < -0.39 is 0 Å². The van der Waals surface area contributed by atoms with Gasteiger partial charge in [0.1, 0.15) is 11.4 Å². The summed E-state index contributed by atoms with van der Waals surface area (Å²) >= 11 is 0. The molecule has 5 nitrogen and oxygen atoms in total. The molecular formula is C16H13N5. The molecule has 0 saturated carbocycles. The Morgan fingerprint density at radius 3 is 2.57 bits per heavy atom. The highest BCUT2D eigenvalue weighted by molar-refractivity contribution is 5.93. The van der Waals surface area contributed by atoms with E-state index in [9.17, 15) is 0 Å². The number of nitrogens with one attached hydrogen (secondary N) is 1.